The zero-order valence-electron chi connectivity index (χ0n) is 11.9. The lowest BCUT2D eigenvalue weighted by molar-refractivity contribution is 0.253. The Labute approximate surface area is 115 Å². The van der Waals surface area contributed by atoms with E-state index in [1.165, 1.54) is 12.8 Å². The van der Waals surface area contributed by atoms with E-state index in [1.807, 2.05) is 0 Å². The molecule has 1 fully saturated rings. The SMILES string of the molecule is CCCOc1cncc(NCC2(C)CCCNC2)n1. The van der Waals surface area contributed by atoms with Crippen LogP contribution >= 0.6 is 0 Å². The molecular weight excluding hydrogens is 240 g/mol. The van der Waals surface area contributed by atoms with Gasteiger partial charge in [0, 0.05) is 13.1 Å². The Morgan fingerprint density at radius 3 is 3.11 bits per heavy atom. The highest BCUT2D eigenvalue weighted by Gasteiger charge is 2.26. The van der Waals surface area contributed by atoms with Crippen LogP contribution in [0.3, 0.4) is 0 Å². The minimum atomic E-state index is 0.292. The molecule has 0 aliphatic carbocycles. The topological polar surface area (TPSA) is 59.1 Å². The number of piperidine rings is 1. The van der Waals surface area contributed by atoms with E-state index in [4.69, 9.17) is 4.74 Å². The van der Waals surface area contributed by atoms with Crippen molar-refractivity contribution >= 4 is 5.82 Å². The zero-order chi connectivity index (χ0) is 13.6. The van der Waals surface area contributed by atoms with Gasteiger partial charge in [-0.25, -0.2) is 0 Å². The van der Waals surface area contributed by atoms with Crippen molar-refractivity contribution in [1.29, 1.82) is 0 Å². The number of rotatable bonds is 6. The van der Waals surface area contributed by atoms with E-state index in [9.17, 15) is 0 Å². The van der Waals surface area contributed by atoms with E-state index in [1.54, 1.807) is 12.4 Å². The van der Waals surface area contributed by atoms with Gasteiger partial charge in [-0.15, -0.1) is 0 Å². The fourth-order valence-corrected chi connectivity index (χ4v) is 2.28. The van der Waals surface area contributed by atoms with Crippen LogP contribution in [0.15, 0.2) is 12.4 Å². The van der Waals surface area contributed by atoms with Gasteiger partial charge in [0.15, 0.2) is 0 Å². The normalized spacial score (nSPS) is 23.1. The first-order valence-electron chi connectivity index (χ1n) is 7.11. The molecule has 0 spiro atoms. The van der Waals surface area contributed by atoms with Crippen molar-refractivity contribution < 1.29 is 4.74 Å². The monoisotopic (exact) mass is 264 g/mol. The van der Waals surface area contributed by atoms with Gasteiger partial charge < -0.3 is 15.4 Å². The Kier molecular flexibility index (Phi) is 4.96. The van der Waals surface area contributed by atoms with Crippen molar-refractivity contribution in [3.63, 3.8) is 0 Å². The molecule has 106 valence electrons. The van der Waals surface area contributed by atoms with Crippen molar-refractivity contribution in [2.24, 2.45) is 5.41 Å². The molecule has 0 saturated carbocycles. The average molecular weight is 264 g/mol. The fraction of sp³-hybridized carbons (Fsp3) is 0.714. The van der Waals surface area contributed by atoms with Crippen molar-refractivity contribution in [2.45, 2.75) is 33.1 Å². The molecule has 1 aromatic rings. The van der Waals surface area contributed by atoms with Crippen LogP contribution in [-0.4, -0.2) is 36.2 Å². The third-order valence-electron chi connectivity index (χ3n) is 3.45. The number of nitrogens with one attached hydrogen (secondary N) is 2. The van der Waals surface area contributed by atoms with Crippen LogP contribution in [0.2, 0.25) is 0 Å². The Hall–Kier alpha value is -1.36. The van der Waals surface area contributed by atoms with Crippen LogP contribution in [-0.2, 0) is 0 Å². The van der Waals surface area contributed by atoms with Crippen molar-refractivity contribution in [2.75, 3.05) is 31.6 Å². The standard InChI is InChI=1S/C14H24N4O/c1-3-7-19-13-9-16-8-12(18-13)17-11-14(2)5-4-6-15-10-14/h8-9,15H,3-7,10-11H2,1-2H3,(H,17,18). The lowest BCUT2D eigenvalue weighted by Gasteiger charge is -2.34. The van der Waals surface area contributed by atoms with Crippen LogP contribution in [0.25, 0.3) is 0 Å². The number of hydrogen-bond donors (Lipinski definition) is 2. The van der Waals surface area contributed by atoms with E-state index < -0.39 is 0 Å². The second-order valence-electron chi connectivity index (χ2n) is 5.54. The number of nitrogens with zero attached hydrogens (tertiary/aromatic N) is 2. The fourth-order valence-electron chi connectivity index (χ4n) is 2.28. The van der Waals surface area contributed by atoms with Crippen LogP contribution in [0, 0.1) is 5.41 Å². The third kappa shape index (κ3) is 4.35. The molecular formula is C14H24N4O. The smallest absolute Gasteiger partial charge is 0.234 e. The summed E-state index contributed by atoms with van der Waals surface area (Å²) < 4.78 is 5.49. The summed E-state index contributed by atoms with van der Waals surface area (Å²) in [5.41, 5.74) is 0.292. The first-order chi connectivity index (χ1) is 9.22. The molecule has 1 aromatic heterocycles. The highest BCUT2D eigenvalue weighted by Crippen LogP contribution is 2.25. The molecule has 2 N–H and O–H groups in total. The van der Waals surface area contributed by atoms with Gasteiger partial charge in [0.25, 0.3) is 0 Å². The van der Waals surface area contributed by atoms with Gasteiger partial charge >= 0.3 is 0 Å². The van der Waals surface area contributed by atoms with Crippen LogP contribution in [0.5, 0.6) is 5.88 Å². The number of aromatic nitrogens is 2. The minimum absolute atomic E-state index is 0.292. The Balaban J connectivity index is 1.88. The lowest BCUT2D eigenvalue weighted by Crippen LogP contribution is -2.42. The summed E-state index contributed by atoms with van der Waals surface area (Å²) in [7, 11) is 0. The van der Waals surface area contributed by atoms with Gasteiger partial charge in [-0.1, -0.05) is 13.8 Å². The van der Waals surface area contributed by atoms with Crippen molar-refractivity contribution in [3.8, 4) is 5.88 Å². The third-order valence-corrected chi connectivity index (χ3v) is 3.45. The molecule has 1 unspecified atom stereocenters. The van der Waals surface area contributed by atoms with E-state index in [0.29, 0.717) is 17.9 Å². The molecule has 1 atom stereocenters. The molecule has 5 heteroatoms. The number of hydrogen-bond acceptors (Lipinski definition) is 5. The van der Waals surface area contributed by atoms with E-state index in [-0.39, 0.29) is 0 Å². The summed E-state index contributed by atoms with van der Waals surface area (Å²) in [6, 6.07) is 0. The molecule has 2 heterocycles. The largest absolute Gasteiger partial charge is 0.477 e. The number of anilines is 1. The maximum atomic E-state index is 5.49. The molecule has 5 nitrogen and oxygen atoms in total. The Morgan fingerprint density at radius 1 is 1.47 bits per heavy atom. The molecule has 0 aromatic carbocycles. The average Bonchev–Trinajstić information content (AvgIpc) is 2.44. The van der Waals surface area contributed by atoms with Gasteiger partial charge in [0.2, 0.25) is 5.88 Å². The molecule has 2 rings (SSSR count). The summed E-state index contributed by atoms with van der Waals surface area (Å²) in [4.78, 5) is 8.57. The second kappa shape index (κ2) is 6.70. The highest BCUT2D eigenvalue weighted by atomic mass is 16.5. The molecule has 19 heavy (non-hydrogen) atoms. The molecule has 1 saturated heterocycles. The van der Waals surface area contributed by atoms with Crippen LogP contribution in [0.4, 0.5) is 5.82 Å². The summed E-state index contributed by atoms with van der Waals surface area (Å²) in [6.45, 7) is 8.16. The van der Waals surface area contributed by atoms with Gasteiger partial charge in [0.05, 0.1) is 19.0 Å². The molecule has 1 aliphatic heterocycles. The predicted octanol–water partition coefficient (Wildman–Crippen LogP) is 2.07. The van der Waals surface area contributed by atoms with E-state index in [0.717, 1.165) is 31.9 Å². The van der Waals surface area contributed by atoms with Gasteiger partial charge in [-0.2, -0.15) is 4.98 Å². The van der Waals surface area contributed by atoms with E-state index >= 15 is 0 Å². The summed E-state index contributed by atoms with van der Waals surface area (Å²) in [5, 5.41) is 6.83. The lowest BCUT2D eigenvalue weighted by atomic mass is 9.83. The zero-order valence-corrected chi connectivity index (χ0v) is 11.9. The first-order valence-corrected chi connectivity index (χ1v) is 7.11. The van der Waals surface area contributed by atoms with Gasteiger partial charge in [-0.3, -0.25) is 4.98 Å². The Bertz CT molecular complexity index is 391. The van der Waals surface area contributed by atoms with Gasteiger partial charge in [-0.05, 0) is 31.2 Å². The van der Waals surface area contributed by atoms with Crippen molar-refractivity contribution in [3.05, 3.63) is 12.4 Å². The van der Waals surface area contributed by atoms with Crippen molar-refractivity contribution in [1.82, 2.24) is 15.3 Å². The second-order valence-corrected chi connectivity index (χ2v) is 5.54. The minimum Gasteiger partial charge on any atom is -0.477 e. The number of ether oxygens (including phenoxy) is 1. The summed E-state index contributed by atoms with van der Waals surface area (Å²) in [6.07, 6.45) is 6.86. The van der Waals surface area contributed by atoms with Gasteiger partial charge in [0.1, 0.15) is 5.82 Å². The first kappa shape index (κ1) is 14.1. The summed E-state index contributed by atoms with van der Waals surface area (Å²) >= 11 is 0. The maximum absolute atomic E-state index is 5.49. The molecule has 0 amide bonds. The van der Waals surface area contributed by atoms with E-state index in [2.05, 4.69) is 34.4 Å². The Morgan fingerprint density at radius 2 is 2.37 bits per heavy atom. The highest BCUT2D eigenvalue weighted by molar-refractivity contribution is 5.33. The molecule has 0 bridgehead atoms. The van der Waals surface area contributed by atoms with Crippen LogP contribution < -0.4 is 15.4 Å². The maximum Gasteiger partial charge on any atom is 0.234 e. The summed E-state index contributed by atoms with van der Waals surface area (Å²) in [5.74, 6) is 1.39. The molecule has 1 aliphatic rings. The predicted molar refractivity (Wildman–Crippen MR) is 76.5 cm³/mol. The van der Waals surface area contributed by atoms with Crippen LogP contribution in [0.1, 0.15) is 33.1 Å². The quantitative estimate of drug-likeness (QED) is 0.823. The molecule has 0 radical (unpaired) electrons.